The molecule has 134 valence electrons. The number of nitrogens with one attached hydrogen (secondary N) is 1. The van der Waals surface area contributed by atoms with Gasteiger partial charge in [0, 0.05) is 28.0 Å². The van der Waals surface area contributed by atoms with Crippen molar-refractivity contribution in [1.29, 1.82) is 0 Å². The summed E-state index contributed by atoms with van der Waals surface area (Å²) >= 11 is 0. The second-order valence-electron chi connectivity index (χ2n) is 5.97. The summed E-state index contributed by atoms with van der Waals surface area (Å²) in [6.07, 6.45) is 3.18. The number of aromatic nitrogens is 1. The van der Waals surface area contributed by atoms with E-state index in [1.54, 1.807) is 22.9 Å². The zero-order valence-electron chi connectivity index (χ0n) is 14.1. The number of para-hydroxylation sites is 2. The van der Waals surface area contributed by atoms with Crippen molar-refractivity contribution in [2.75, 3.05) is 0 Å². The first-order valence-corrected chi connectivity index (χ1v) is 8.23. The number of carboxylic acids is 1. The smallest absolute Gasteiger partial charge is 0.323 e. The van der Waals surface area contributed by atoms with Crippen LogP contribution in [0.3, 0.4) is 0 Å². The van der Waals surface area contributed by atoms with Gasteiger partial charge in [0.15, 0.2) is 5.76 Å². The molecule has 0 saturated heterocycles. The highest BCUT2D eigenvalue weighted by Gasteiger charge is 2.12. The van der Waals surface area contributed by atoms with E-state index < -0.39 is 11.9 Å². The number of hydrogen-bond donors (Lipinski definition) is 2. The molecule has 0 bridgehead atoms. The third-order valence-electron chi connectivity index (χ3n) is 4.14. The number of hydrazone groups is 1. The Morgan fingerprint density at radius 2 is 1.93 bits per heavy atom. The predicted molar refractivity (Wildman–Crippen MR) is 101 cm³/mol. The van der Waals surface area contributed by atoms with Crippen LogP contribution in [0.15, 0.2) is 70.3 Å². The van der Waals surface area contributed by atoms with Crippen LogP contribution in [0.4, 0.5) is 0 Å². The normalized spacial score (nSPS) is 11.4. The molecular formula is C20H15N3O4. The van der Waals surface area contributed by atoms with Crippen molar-refractivity contribution in [2.45, 2.75) is 6.54 Å². The van der Waals surface area contributed by atoms with E-state index in [0.717, 1.165) is 16.3 Å². The summed E-state index contributed by atoms with van der Waals surface area (Å²) in [6, 6.07) is 16.4. The molecule has 0 fully saturated rings. The van der Waals surface area contributed by atoms with E-state index in [1.807, 2.05) is 42.5 Å². The highest BCUT2D eigenvalue weighted by Crippen LogP contribution is 2.20. The summed E-state index contributed by atoms with van der Waals surface area (Å²) in [6.45, 7) is -0.153. The highest BCUT2D eigenvalue weighted by atomic mass is 16.4. The van der Waals surface area contributed by atoms with Gasteiger partial charge in [-0.1, -0.05) is 36.4 Å². The Hall–Kier alpha value is -3.87. The second-order valence-corrected chi connectivity index (χ2v) is 5.97. The Morgan fingerprint density at radius 3 is 2.74 bits per heavy atom. The first kappa shape index (κ1) is 16.6. The molecule has 2 aromatic carbocycles. The van der Waals surface area contributed by atoms with Crippen LogP contribution < -0.4 is 5.43 Å². The Kier molecular flexibility index (Phi) is 4.18. The van der Waals surface area contributed by atoms with E-state index in [4.69, 9.17) is 9.52 Å². The summed E-state index contributed by atoms with van der Waals surface area (Å²) < 4.78 is 7.12. The summed E-state index contributed by atoms with van der Waals surface area (Å²) in [7, 11) is 0. The summed E-state index contributed by atoms with van der Waals surface area (Å²) in [4.78, 5) is 23.3. The number of carbonyl (C=O) groups is 2. The van der Waals surface area contributed by atoms with Crippen molar-refractivity contribution in [3.05, 3.63) is 72.1 Å². The number of amides is 1. The number of furan rings is 1. The molecule has 0 unspecified atom stereocenters. The third-order valence-corrected chi connectivity index (χ3v) is 4.14. The van der Waals surface area contributed by atoms with Crippen LogP contribution in [0, 0.1) is 0 Å². The molecule has 27 heavy (non-hydrogen) atoms. The number of rotatable bonds is 5. The topological polar surface area (TPSA) is 96.8 Å². The molecule has 0 radical (unpaired) electrons. The molecule has 2 N–H and O–H groups in total. The Labute approximate surface area is 153 Å². The molecule has 4 aromatic rings. The standard InChI is InChI=1S/C20H15N3O4/c24-19(25)12-23-11-14(15-6-2-3-7-16(15)23)10-21-22-20(26)18-9-13-5-1-4-8-17(13)27-18/h1-11H,12H2,(H,22,26)(H,24,25)/b21-10+. The monoisotopic (exact) mass is 361 g/mol. The molecule has 4 rings (SSSR count). The van der Waals surface area contributed by atoms with Gasteiger partial charge in [0.2, 0.25) is 0 Å². The van der Waals surface area contributed by atoms with Crippen LogP contribution in [-0.4, -0.2) is 27.8 Å². The van der Waals surface area contributed by atoms with Crippen LogP contribution in [0.1, 0.15) is 16.1 Å². The lowest BCUT2D eigenvalue weighted by molar-refractivity contribution is -0.137. The van der Waals surface area contributed by atoms with E-state index in [-0.39, 0.29) is 12.3 Å². The molecule has 2 heterocycles. The Bertz CT molecular complexity index is 1150. The number of aliphatic carboxylic acids is 1. The molecule has 0 spiro atoms. The van der Waals surface area contributed by atoms with Gasteiger partial charge in [0.05, 0.1) is 6.21 Å². The summed E-state index contributed by atoms with van der Waals surface area (Å²) in [5.41, 5.74) is 4.55. The number of fused-ring (bicyclic) bond motifs is 2. The number of carbonyl (C=O) groups excluding carboxylic acids is 1. The summed E-state index contributed by atoms with van der Waals surface area (Å²) in [5, 5.41) is 14.7. The van der Waals surface area contributed by atoms with Gasteiger partial charge >= 0.3 is 11.9 Å². The van der Waals surface area contributed by atoms with Crippen molar-refractivity contribution in [2.24, 2.45) is 5.10 Å². The van der Waals surface area contributed by atoms with Gasteiger partial charge in [-0.25, -0.2) is 5.43 Å². The van der Waals surface area contributed by atoms with Gasteiger partial charge in [-0.3, -0.25) is 9.59 Å². The van der Waals surface area contributed by atoms with Crippen molar-refractivity contribution in [3.8, 4) is 0 Å². The van der Waals surface area contributed by atoms with Gasteiger partial charge in [-0.05, 0) is 18.2 Å². The lowest BCUT2D eigenvalue weighted by atomic mass is 10.2. The number of nitrogens with zero attached hydrogens (tertiary/aromatic N) is 2. The molecule has 0 atom stereocenters. The lowest BCUT2D eigenvalue weighted by Gasteiger charge is -1.99. The van der Waals surface area contributed by atoms with Gasteiger partial charge in [0.1, 0.15) is 12.1 Å². The minimum atomic E-state index is -0.933. The maximum Gasteiger partial charge on any atom is 0.323 e. The predicted octanol–water partition coefficient (Wildman–Crippen LogP) is 3.24. The molecule has 2 aromatic heterocycles. The van der Waals surface area contributed by atoms with E-state index >= 15 is 0 Å². The fourth-order valence-corrected chi connectivity index (χ4v) is 2.96. The van der Waals surface area contributed by atoms with Crippen LogP contribution in [0.25, 0.3) is 21.9 Å². The van der Waals surface area contributed by atoms with Crippen LogP contribution in [-0.2, 0) is 11.3 Å². The maximum atomic E-state index is 12.2. The van der Waals surface area contributed by atoms with E-state index in [2.05, 4.69) is 10.5 Å². The quantitative estimate of drug-likeness (QED) is 0.421. The van der Waals surface area contributed by atoms with Crippen LogP contribution >= 0.6 is 0 Å². The molecule has 0 saturated carbocycles. The molecule has 1 amide bonds. The summed E-state index contributed by atoms with van der Waals surface area (Å²) in [5.74, 6) is -1.23. The minimum absolute atomic E-state index is 0.153. The van der Waals surface area contributed by atoms with Crippen molar-refractivity contribution < 1.29 is 19.1 Å². The maximum absolute atomic E-state index is 12.2. The third kappa shape index (κ3) is 3.30. The Morgan fingerprint density at radius 1 is 1.15 bits per heavy atom. The van der Waals surface area contributed by atoms with E-state index in [9.17, 15) is 9.59 Å². The number of benzene rings is 2. The molecule has 0 aliphatic heterocycles. The van der Waals surface area contributed by atoms with Crippen molar-refractivity contribution >= 4 is 40.0 Å². The average molecular weight is 361 g/mol. The van der Waals surface area contributed by atoms with Crippen molar-refractivity contribution in [3.63, 3.8) is 0 Å². The zero-order valence-corrected chi connectivity index (χ0v) is 14.1. The largest absolute Gasteiger partial charge is 0.480 e. The molecule has 0 aliphatic carbocycles. The van der Waals surface area contributed by atoms with Gasteiger partial charge in [-0.15, -0.1) is 0 Å². The fraction of sp³-hybridized carbons (Fsp3) is 0.0500. The molecular weight excluding hydrogens is 346 g/mol. The lowest BCUT2D eigenvalue weighted by Crippen LogP contribution is -2.16. The van der Waals surface area contributed by atoms with Crippen molar-refractivity contribution in [1.82, 2.24) is 9.99 Å². The van der Waals surface area contributed by atoms with Gasteiger partial charge < -0.3 is 14.1 Å². The SMILES string of the molecule is O=C(O)Cn1cc(/C=N/NC(=O)c2cc3ccccc3o2)c2ccccc21. The van der Waals surface area contributed by atoms with E-state index in [0.29, 0.717) is 11.1 Å². The average Bonchev–Trinajstić information content (AvgIpc) is 3.24. The number of hydrogen-bond acceptors (Lipinski definition) is 4. The van der Waals surface area contributed by atoms with Crippen LogP contribution in [0.2, 0.25) is 0 Å². The zero-order chi connectivity index (χ0) is 18.8. The van der Waals surface area contributed by atoms with Gasteiger partial charge in [-0.2, -0.15) is 5.10 Å². The first-order chi connectivity index (χ1) is 13.1. The fourth-order valence-electron chi connectivity index (χ4n) is 2.96. The number of carboxylic acid groups (broad SMARTS) is 1. The van der Waals surface area contributed by atoms with Crippen LogP contribution in [0.5, 0.6) is 0 Å². The first-order valence-electron chi connectivity index (χ1n) is 8.23. The molecule has 7 nitrogen and oxygen atoms in total. The van der Waals surface area contributed by atoms with Gasteiger partial charge in [0.25, 0.3) is 0 Å². The highest BCUT2D eigenvalue weighted by molar-refractivity contribution is 6.01. The minimum Gasteiger partial charge on any atom is -0.480 e. The second kappa shape index (κ2) is 6.80. The molecule has 0 aliphatic rings. The molecule has 7 heteroatoms. The Balaban J connectivity index is 1.56. The van der Waals surface area contributed by atoms with E-state index in [1.165, 1.54) is 6.21 Å².